The van der Waals surface area contributed by atoms with E-state index in [1.807, 2.05) is 0 Å². The molecule has 0 amide bonds. The van der Waals surface area contributed by atoms with Crippen LogP contribution in [-0.4, -0.2) is 30.6 Å². The third kappa shape index (κ3) is 2.07. The highest BCUT2D eigenvalue weighted by molar-refractivity contribution is 5.90. The molecule has 1 aliphatic heterocycles. The number of nitrogens with two attached hydrogens (primary N) is 1. The topological polar surface area (TPSA) is 38.5 Å². The van der Waals surface area contributed by atoms with Crippen molar-refractivity contribution in [2.24, 2.45) is 5.73 Å². The van der Waals surface area contributed by atoms with Crippen LogP contribution in [0.25, 0.3) is 10.8 Å². The second-order valence-corrected chi connectivity index (χ2v) is 5.35. The van der Waals surface area contributed by atoms with Crippen molar-refractivity contribution in [2.75, 3.05) is 19.7 Å². The molecule has 0 saturated heterocycles. The van der Waals surface area contributed by atoms with Crippen LogP contribution >= 0.6 is 0 Å². The summed E-state index contributed by atoms with van der Waals surface area (Å²) >= 11 is 0. The lowest BCUT2D eigenvalue weighted by Gasteiger charge is -2.39. The summed E-state index contributed by atoms with van der Waals surface area (Å²) in [6, 6.07) is 13.0. The SMILES string of the molecule is CCN(CC)C1c2ccc3ccccc3c2OCC1N. The molecule has 0 radical (unpaired) electrons. The molecule has 2 atom stereocenters. The van der Waals surface area contributed by atoms with Crippen LogP contribution in [0.1, 0.15) is 25.5 Å². The van der Waals surface area contributed by atoms with Crippen molar-refractivity contribution in [3.05, 3.63) is 42.0 Å². The highest BCUT2D eigenvalue weighted by Gasteiger charge is 2.32. The number of rotatable bonds is 3. The lowest BCUT2D eigenvalue weighted by atomic mass is 9.92. The van der Waals surface area contributed by atoms with E-state index in [0.29, 0.717) is 6.61 Å². The fourth-order valence-corrected chi connectivity index (χ4v) is 3.24. The molecule has 2 aromatic carbocycles. The van der Waals surface area contributed by atoms with Crippen LogP contribution in [0.2, 0.25) is 0 Å². The van der Waals surface area contributed by atoms with Crippen LogP contribution in [0.5, 0.6) is 5.75 Å². The molecular formula is C17H22N2O. The molecule has 106 valence electrons. The average Bonchev–Trinajstić information content (AvgIpc) is 2.50. The molecule has 1 aliphatic rings. The molecule has 3 rings (SSSR count). The Balaban J connectivity index is 2.16. The molecule has 0 aromatic heterocycles. The van der Waals surface area contributed by atoms with E-state index < -0.39 is 0 Å². The lowest BCUT2D eigenvalue weighted by Crippen LogP contribution is -2.46. The number of fused-ring (bicyclic) bond motifs is 3. The molecule has 0 spiro atoms. The molecule has 2 aromatic rings. The number of likely N-dealkylation sites (N-methyl/N-ethyl adjacent to an activating group) is 1. The Hall–Kier alpha value is -1.58. The zero-order chi connectivity index (χ0) is 14.1. The lowest BCUT2D eigenvalue weighted by molar-refractivity contribution is 0.130. The predicted octanol–water partition coefficient (Wildman–Crippen LogP) is 2.94. The minimum atomic E-state index is 0.0311. The van der Waals surface area contributed by atoms with E-state index >= 15 is 0 Å². The van der Waals surface area contributed by atoms with Gasteiger partial charge >= 0.3 is 0 Å². The number of ether oxygens (including phenoxy) is 1. The van der Waals surface area contributed by atoms with Gasteiger partial charge in [0.2, 0.25) is 0 Å². The summed E-state index contributed by atoms with van der Waals surface area (Å²) in [5.41, 5.74) is 7.55. The largest absolute Gasteiger partial charge is 0.491 e. The first kappa shape index (κ1) is 13.4. The number of nitrogens with zero attached hydrogens (tertiary/aromatic N) is 1. The van der Waals surface area contributed by atoms with Gasteiger partial charge in [-0.1, -0.05) is 50.2 Å². The smallest absolute Gasteiger partial charge is 0.132 e. The van der Waals surface area contributed by atoms with E-state index in [1.165, 1.54) is 16.3 Å². The van der Waals surface area contributed by atoms with Crippen molar-refractivity contribution < 1.29 is 4.74 Å². The monoisotopic (exact) mass is 270 g/mol. The van der Waals surface area contributed by atoms with E-state index in [-0.39, 0.29) is 12.1 Å². The molecule has 0 aliphatic carbocycles. The van der Waals surface area contributed by atoms with Gasteiger partial charge in [0.25, 0.3) is 0 Å². The maximum absolute atomic E-state index is 6.32. The zero-order valence-corrected chi connectivity index (χ0v) is 12.2. The summed E-state index contributed by atoms with van der Waals surface area (Å²) in [7, 11) is 0. The molecule has 2 N–H and O–H groups in total. The van der Waals surface area contributed by atoms with Gasteiger partial charge in [0.15, 0.2) is 0 Å². The molecule has 20 heavy (non-hydrogen) atoms. The minimum Gasteiger partial charge on any atom is -0.491 e. The Bertz CT molecular complexity index is 607. The van der Waals surface area contributed by atoms with Gasteiger partial charge in [-0.3, -0.25) is 4.90 Å². The summed E-state index contributed by atoms with van der Waals surface area (Å²) in [4.78, 5) is 2.42. The summed E-state index contributed by atoms with van der Waals surface area (Å²) in [5, 5.41) is 2.41. The summed E-state index contributed by atoms with van der Waals surface area (Å²) in [6.07, 6.45) is 0. The Morgan fingerprint density at radius 2 is 1.90 bits per heavy atom. The van der Waals surface area contributed by atoms with Crippen LogP contribution in [0.3, 0.4) is 0 Å². The average molecular weight is 270 g/mol. The molecule has 0 bridgehead atoms. The van der Waals surface area contributed by atoms with Gasteiger partial charge in [-0.2, -0.15) is 0 Å². The van der Waals surface area contributed by atoms with E-state index in [2.05, 4.69) is 55.1 Å². The van der Waals surface area contributed by atoms with Crippen LogP contribution in [-0.2, 0) is 0 Å². The quantitative estimate of drug-likeness (QED) is 0.932. The van der Waals surface area contributed by atoms with Crippen LogP contribution in [0.4, 0.5) is 0 Å². The Kier molecular flexibility index (Phi) is 3.64. The third-order valence-corrected chi connectivity index (χ3v) is 4.26. The number of benzene rings is 2. The van der Waals surface area contributed by atoms with Crippen molar-refractivity contribution in [3.8, 4) is 5.75 Å². The normalized spacial score (nSPS) is 21.8. The van der Waals surface area contributed by atoms with E-state index in [1.54, 1.807) is 0 Å². The van der Waals surface area contributed by atoms with Gasteiger partial charge in [-0.25, -0.2) is 0 Å². The van der Waals surface area contributed by atoms with Crippen molar-refractivity contribution in [1.29, 1.82) is 0 Å². The second kappa shape index (κ2) is 5.43. The van der Waals surface area contributed by atoms with Gasteiger partial charge in [0, 0.05) is 10.9 Å². The molecule has 0 fully saturated rings. The second-order valence-electron chi connectivity index (χ2n) is 5.35. The molecule has 3 nitrogen and oxygen atoms in total. The van der Waals surface area contributed by atoms with Crippen LogP contribution < -0.4 is 10.5 Å². The van der Waals surface area contributed by atoms with Crippen LogP contribution in [0, 0.1) is 0 Å². The number of hydrogen-bond acceptors (Lipinski definition) is 3. The van der Waals surface area contributed by atoms with E-state index in [9.17, 15) is 0 Å². The molecule has 0 saturated carbocycles. The number of hydrogen-bond donors (Lipinski definition) is 1. The van der Waals surface area contributed by atoms with Gasteiger partial charge in [-0.05, 0) is 18.5 Å². The van der Waals surface area contributed by atoms with Crippen LogP contribution in [0.15, 0.2) is 36.4 Å². The standard InChI is InChI=1S/C17H22N2O/c1-3-19(4-2)16-14-10-9-12-7-5-6-8-13(12)17(14)20-11-15(16)18/h5-10,15-16H,3-4,11,18H2,1-2H3. The fourth-order valence-electron chi connectivity index (χ4n) is 3.24. The Morgan fingerprint density at radius 1 is 1.15 bits per heavy atom. The first-order valence-electron chi connectivity index (χ1n) is 7.40. The van der Waals surface area contributed by atoms with Crippen molar-refractivity contribution in [2.45, 2.75) is 25.9 Å². The van der Waals surface area contributed by atoms with Crippen molar-refractivity contribution >= 4 is 10.8 Å². The zero-order valence-electron chi connectivity index (χ0n) is 12.2. The third-order valence-electron chi connectivity index (χ3n) is 4.26. The first-order chi connectivity index (χ1) is 9.76. The first-order valence-corrected chi connectivity index (χ1v) is 7.40. The molecular weight excluding hydrogens is 248 g/mol. The molecule has 1 heterocycles. The van der Waals surface area contributed by atoms with E-state index in [0.717, 1.165) is 18.8 Å². The minimum absolute atomic E-state index is 0.0311. The van der Waals surface area contributed by atoms with Gasteiger partial charge in [0.05, 0.1) is 12.1 Å². The Morgan fingerprint density at radius 3 is 2.65 bits per heavy atom. The maximum Gasteiger partial charge on any atom is 0.132 e. The highest BCUT2D eigenvalue weighted by atomic mass is 16.5. The van der Waals surface area contributed by atoms with Crippen molar-refractivity contribution in [3.63, 3.8) is 0 Å². The van der Waals surface area contributed by atoms with E-state index in [4.69, 9.17) is 10.5 Å². The van der Waals surface area contributed by atoms with Gasteiger partial charge in [0.1, 0.15) is 12.4 Å². The summed E-state index contributed by atoms with van der Waals surface area (Å²) < 4.78 is 5.97. The molecule has 3 heteroatoms. The molecule has 2 unspecified atom stereocenters. The highest BCUT2D eigenvalue weighted by Crippen LogP contribution is 2.40. The fraction of sp³-hybridized carbons (Fsp3) is 0.412. The van der Waals surface area contributed by atoms with Gasteiger partial charge < -0.3 is 10.5 Å². The maximum atomic E-state index is 6.32. The van der Waals surface area contributed by atoms with Crippen molar-refractivity contribution in [1.82, 2.24) is 4.90 Å². The summed E-state index contributed by atoms with van der Waals surface area (Å²) in [6.45, 7) is 6.96. The Labute approximate surface area is 120 Å². The summed E-state index contributed by atoms with van der Waals surface area (Å²) in [5.74, 6) is 1.02. The van der Waals surface area contributed by atoms with Gasteiger partial charge in [-0.15, -0.1) is 0 Å². The predicted molar refractivity (Wildman–Crippen MR) is 83.1 cm³/mol.